The number of alkyl halides is 1. The molecule has 8 heteroatoms. The standard InChI is InChI=1S/C20H23FN4O2S/c1-4-22-15-13(17(26)23-11-14(21)20(2,3)27)10-24-19-16(15)25-18(28-19)12-8-6-5-7-9-12/h5-10,14,27H,4,11H2,1-3H3,(H,22,24)(H,23,26)/t14-/m1/s1. The topological polar surface area (TPSA) is 87.1 Å². The van der Waals surface area contributed by atoms with Crippen LogP contribution in [-0.4, -0.2) is 45.8 Å². The summed E-state index contributed by atoms with van der Waals surface area (Å²) >= 11 is 1.45. The lowest BCUT2D eigenvalue weighted by Crippen LogP contribution is -2.42. The second kappa shape index (κ2) is 8.20. The summed E-state index contributed by atoms with van der Waals surface area (Å²) in [5, 5.41) is 16.2. The molecular formula is C20H23FN4O2S. The summed E-state index contributed by atoms with van der Waals surface area (Å²) < 4.78 is 14.0. The van der Waals surface area contributed by atoms with E-state index in [4.69, 9.17) is 0 Å². The number of nitrogens with one attached hydrogen (secondary N) is 2. The molecule has 0 saturated carbocycles. The molecule has 0 unspecified atom stereocenters. The first-order valence-corrected chi connectivity index (χ1v) is 9.86. The van der Waals surface area contributed by atoms with E-state index < -0.39 is 17.7 Å². The van der Waals surface area contributed by atoms with Crippen molar-refractivity contribution >= 4 is 33.3 Å². The van der Waals surface area contributed by atoms with Gasteiger partial charge in [-0.3, -0.25) is 4.79 Å². The molecule has 3 aromatic rings. The van der Waals surface area contributed by atoms with Crippen LogP contribution < -0.4 is 10.6 Å². The number of fused-ring (bicyclic) bond motifs is 1. The minimum atomic E-state index is -1.58. The van der Waals surface area contributed by atoms with Crippen LogP contribution in [0.2, 0.25) is 0 Å². The summed E-state index contributed by atoms with van der Waals surface area (Å²) in [6.07, 6.45) is -0.111. The van der Waals surface area contributed by atoms with Crippen molar-refractivity contribution in [1.29, 1.82) is 0 Å². The van der Waals surface area contributed by atoms with Crippen molar-refractivity contribution in [3.8, 4) is 10.6 Å². The zero-order valence-corrected chi connectivity index (χ0v) is 16.8. The molecule has 28 heavy (non-hydrogen) atoms. The average Bonchev–Trinajstić information content (AvgIpc) is 3.11. The van der Waals surface area contributed by atoms with Gasteiger partial charge in [0.2, 0.25) is 0 Å². The molecule has 1 aromatic carbocycles. The summed E-state index contributed by atoms with van der Waals surface area (Å²) in [6.45, 7) is 4.94. The van der Waals surface area contributed by atoms with Gasteiger partial charge in [0, 0.05) is 18.3 Å². The molecule has 0 bridgehead atoms. The van der Waals surface area contributed by atoms with Gasteiger partial charge in [-0.05, 0) is 20.8 Å². The molecule has 0 fully saturated rings. The Labute approximate surface area is 166 Å². The number of benzene rings is 1. The van der Waals surface area contributed by atoms with Gasteiger partial charge in [-0.15, -0.1) is 0 Å². The summed E-state index contributed by atoms with van der Waals surface area (Å²) in [6, 6.07) is 9.75. The lowest BCUT2D eigenvalue weighted by Gasteiger charge is -2.22. The third kappa shape index (κ3) is 4.28. The Balaban J connectivity index is 1.94. The van der Waals surface area contributed by atoms with Crippen molar-refractivity contribution in [3.63, 3.8) is 0 Å². The Morgan fingerprint density at radius 2 is 2.04 bits per heavy atom. The number of hydrogen-bond acceptors (Lipinski definition) is 6. The van der Waals surface area contributed by atoms with Crippen molar-refractivity contribution in [2.75, 3.05) is 18.4 Å². The highest BCUT2D eigenvalue weighted by molar-refractivity contribution is 7.21. The summed E-state index contributed by atoms with van der Waals surface area (Å²) in [5.41, 5.74) is 0.922. The van der Waals surface area contributed by atoms with Gasteiger partial charge in [0.15, 0.2) is 0 Å². The second-order valence-electron chi connectivity index (χ2n) is 6.95. The van der Waals surface area contributed by atoms with Crippen LogP contribution in [-0.2, 0) is 0 Å². The van der Waals surface area contributed by atoms with E-state index in [-0.39, 0.29) is 6.54 Å². The number of hydrogen-bond donors (Lipinski definition) is 3. The maximum absolute atomic E-state index is 14.0. The molecule has 0 aliphatic rings. The molecule has 0 saturated heterocycles. The van der Waals surface area contributed by atoms with Crippen molar-refractivity contribution in [2.24, 2.45) is 0 Å². The third-order valence-electron chi connectivity index (χ3n) is 4.25. The van der Waals surface area contributed by atoms with E-state index in [1.54, 1.807) is 0 Å². The summed E-state index contributed by atoms with van der Waals surface area (Å²) in [4.78, 5) is 22.4. The lowest BCUT2D eigenvalue weighted by molar-refractivity contribution is -0.00177. The van der Waals surface area contributed by atoms with Crippen LogP contribution >= 0.6 is 11.3 Å². The van der Waals surface area contributed by atoms with E-state index in [1.165, 1.54) is 31.4 Å². The minimum absolute atomic E-state index is 0.293. The maximum atomic E-state index is 14.0. The van der Waals surface area contributed by atoms with Crippen LogP contribution in [0, 0.1) is 0 Å². The van der Waals surface area contributed by atoms with Crippen molar-refractivity contribution in [1.82, 2.24) is 15.3 Å². The Morgan fingerprint density at radius 1 is 1.32 bits per heavy atom. The van der Waals surface area contributed by atoms with Crippen molar-refractivity contribution < 1.29 is 14.3 Å². The molecule has 6 nitrogen and oxygen atoms in total. The van der Waals surface area contributed by atoms with Crippen molar-refractivity contribution in [3.05, 3.63) is 42.1 Å². The van der Waals surface area contributed by atoms with E-state index in [0.29, 0.717) is 28.1 Å². The fourth-order valence-corrected chi connectivity index (χ4v) is 3.56. The molecule has 0 spiro atoms. The lowest BCUT2D eigenvalue weighted by atomic mass is 10.0. The van der Waals surface area contributed by atoms with Gasteiger partial charge in [-0.25, -0.2) is 14.4 Å². The average molecular weight is 402 g/mol. The fraction of sp³-hybridized carbons (Fsp3) is 0.350. The second-order valence-corrected chi connectivity index (χ2v) is 7.92. The highest BCUT2D eigenvalue weighted by atomic mass is 32.1. The first kappa shape index (κ1) is 20.2. The highest BCUT2D eigenvalue weighted by Gasteiger charge is 2.27. The van der Waals surface area contributed by atoms with Gasteiger partial charge in [0.1, 0.15) is 21.5 Å². The largest absolute Gasteiger partial charge is 0.387 e. The molecule has 148 valence electrons. The SMILES string of the molecule is CCNc1c(C(=O)NC[C@@H](F)C(C)(C)O)cnc2sc(-c3ccccc3)nc12. The maximum Gasteiger partial charge on any atom is 0.255 e. The normalized spacial score (nSPS) is 12.8. The van der Waals surface area contributed by atoms with E-state index in [9.17, 15) is 14.3 Å². The molecule has 1 atom stereocenters. The van der Waals surface area contributed by atoms with Gasteiger partial charge in [-0.2, -0.15) is 0 Å². The van der Waals surface area contributed by atoms with Crippen LogP contribution in [0.15, 0.2) is 36.5 Å². The first-order valence-electron chi connectivity index (χ1n) is 9.04. The number of pyridine rings is 1. The molecule has 3 N–H and O–H groups in total. The first-order chi connectivity index (χ1) is 13.3. The van der Waals surface area contributed by atoms with E-state index >= 15 is 0 Å². The number of aromatic nitrogens is 2. The van der Waals surface area contributed by atoms with Gasteiger partial charge in [-0.1, -0.05) is 41.7 Å². The zero-order valence-electron chi connectivity index (χ0n) is 16.0. The van der Waals surface area contributed by atoms with Crippen LogP contribution in [0.4, 0.5) is 10.1 Å². The van der Waals surface area contributed by atoms with Crippen molar-refractivity contribution in [2.45, 2.75) is 32.5 Å². The van der Waals surface area contributed by atoms with E-state index in [0.717, 1.165) is 10.6 Å². The molecule has 3 rings (SSSR count). The van der Waals surface area contributed by atoms with Crippen LogP contribution in [0.1, 0.15) is 31.1 Å². The summed E-state index contributed by atoms with van der Waals surface area (Å²) in [5.74, 6) is -0.466. The predicted octanol–water partition coefficient (Wildman–Crippen LogP) is 3.63. The predicted molar refractivity (Wildman–Crippen MR) is 111 cm³/mol. The quantitative estimate of drug-likeness (QED) is 0.562. The Bertz CT molecular complexity index is 969. The van der Waals surface area contributed by atoms with Crippen LogP contribution in [0.3, 0.4) is 0 Å². The third-order valence-corrected chi connectivity index (χ3v) is 5.27. The van der Waals surface area contributed by atoms with Gasteiger partial charge >= 0.3 is 0 Å². The van der Waals surface area contributed by atoms with Gasteiger partial charge < -0.3 is 15.7 Å². The molecular weight excluding hydrogens is 379 g/mol. The van der Waals surface area contributed by atoms with Crippen LogP contribution in [0.25, 0.3) is 20.9 Å². The molecule has 0 aliphatic carbocycles. The monoisotopic (exact) mass is 402 g/mol. The summed E-state index contributed by atoms with van der Waals surface area (Å²) in [7, 11) is 0. The Hall–Kier alpha value is -2.58. The number of halogens is 1. The van der Waals surface area contributed by atoms with E-state index in [1.807, 2.05) is 37.3 Å². The number of amides is 1. The minimum Gasteiger partial charge on any atom is -0.387 e. The van der Waals surface area contributed by atoms with Gasteiger partial charge in [0.25, 0.3) is 5.91 Å². The fourth-order valence-electron chi connectivity index (χ4n) is 2.64. The number of carbonyl (C=O) groups excluding carboxylic acids is 1. The highest BCUT2D eigenvalue weighted by Crippen LogP contribution is 2.34. The number of nitrogens with zero attached hydrogens (tertiary/aromatic N) is 2. The van der Waals surface area contributed by atoms with Crippen LogP contribution in [0.5, 0.6) is 0 Å². The number of carbonyl (C=O) groups is 1. The smallest absolute Gasteiger partial charge is 0.255 e. The zero-order chi connectivity index (χ0) is 20.3. The Morgan fingerprint density at radius 3 is 2.68 bits per heavy atom. The number of aliphatic hydroxyl groups is 1. The molecule has 2 aromatic heterocycles. The molecule has 0 aliphatic heterocycles. The Kier molecular flexibility index (Phi) is 5.90. The number of anilines is 1. The number of thiazole rings is 1. The van der Waals surface area contributed by atoms with E-state index in [2.05, 4.69) is 20.6 Å². The number of rotatable bonds is 7. The molecule has 2 heterocycles. The molecule has 1 amide bonds. The molecule has 0 radical (unpaired) electrons. The van der Waals surface area contributed by atoms with Gasteiger partial charge in [0.05, 0.1) is 23.4 Å².